The number of rotatable bonds is 5. The summed E-state index contributed by atoms with van der Waals surface area (Å²) in [5, 5.41) is 6.55. The molecular formula is C12H22N2O. The van der Waals surface area contributed by atoms with Crippen molar-refractivity contribution in [1.29, 1.82) is 0 Å². The van der Waals surface area contributed by atoms with E-state index in [-0.39, 0.29) is 5.91 Å². The molecule has 1 saturated heterocycles. The molecular weight excluding hydrogens is 188 g/mol. The molecule has 1 heterocycles. The SMILES string of the molecule is O=C(NCCCC1CCCCN1)C1CC1. The zero-order chi connectivity index (χ0) is 10.5. The number of carbonyl (C=O) groups is 1. The summed E-state index contributed by atoms with van der Waals surface area (Å²) in [4.78, 5) is 11.3. The molecule has 1 amide bonds. The molecule has 2 rings (SSSR count). The summed E-state index contributed by atoms with van der Waals surface area (Å²) in [5.41, 5.74) is 0. The van der Waals surface area contributed by atoms with Crippen molar-refractivity contribution in [2.24, 2.45) is 5.92 Å². The Bertz CT molecular complexity index is 208. The van der Waals surface area contributed by atoms with Gasteiger partial charge in [-0.3, -0.25) is 4.79 Å². The average Bonchev–Trinajstić information content (AvgIpc) is 3.09. The highest BCUT2D eigenvalue weighted by Gasteiger charge is 2.28. The topological polar surface area (TPSA) is 41.1 Å². The molecule has 3 nitrogen and oxygen atoms in total. The summed E-state index contributed by atoms with van der Waals surface area (Å²) in [7, 11) is 0. The molecule has 3 heteroatoms. The lowest BCUT2D eigenvalue weighted by atomic mass is 10.0. The summed E-state index contributed by atoms with van der Waals surface area (Å²) in [5.74, 6) is 0.643. The van der Waals surface area contributed by atoms with Crippen LogP contribution >= 0.6 is 0 Å². The zero-order valence-electron chi connectivity index (χ0n) is 9.43. The number of amides is 1. The minimum atomic E-state index is 0.284. The van der Waals surface area contributed by atoms with E-state index in [2.05, 4.69) is 10.6 Å². The number of carbonyl (C=O) groups excluding carboxylic acids is 1. The van der Waals surface area contributed by atoms with Crippen LogP contribution in [0.25, 0.3) is 0 Å². The Morgan fingerprint density at radius 3 is 2.80 bits per heavy atom. The maximum Gasteiger partial charge on any atom is 0.223 e. The van der Waals surface area contributed by atoms with Crippen LogP contribution in [-0.2, 0) is 4.79 Å². The van der Waals surface area contributed by atoms with Crippen LogP contribution in [0, 0.1) is 5.92 Å². The Morgan fingerprint density at radius 1 is 1.27 bits per heavy atom. The molecule has 86 valence electrons. The molecule has 1 aliphatic carbocycles. The van der Waals surface area contributed by atoms with Crippen LogP contribution < -0.4 is 10.6 Å². The van der Waals surface area contributed by atoms with Crippen molar-refractivity contribution in [2.45, 2.75) is 51.0 Å². The maximum atomic E-state index is 11.3. The normalized spacial score (nSPS) is 26.3. The quantitative estimate of drug-likeness (QED) is 0.674. The Labute approximate surface area is 92.0 Å². The minimum absolute atomic E-state index is 0.284. The van der Waals surface area contributed by atoms with E-state index in [1.54, 1.807) is 0 Å². The summed E-state index contributed by atoms with van der Waals surface area (Å²) >= 11 is 0. The van der Waals surface area contributed by atoms with E-state index in [9.17, 15) is 4.79 Å². The van der Waals surface area contributed by atoms with Gasteiger partial charge in [-0.1, -0.05) is 6.42 Å². The van der Waals surface area contributed by atoms with E-state index in [1.165, 1.54) is 32.2 Å². The van der Waals surface area contributed by atoms with Gasteiger partial charge in [0, 0.05) is 18.5 Å². The lowest BCUT2D eigenvalue weighted by Crippen LogP contribution is -2.35. The van der Waals surface area contributed by atoms with Gasteiger partial charge in [0.25, 0.3) is 0 Å². The Kier molecular flexibility index (Phi) is 4.01. The van der Waals surface area contributed by atoms with E-state index in [1.807, 2.05) is 0 Å². The first-order valence-corrected chi connectivity index (χ1v) is 6.37. The van der Waals surface area contributed by atoms with Gasteiger partial charge in [0.2, 0.25) is 5.91 Å². The predicted octanol–water partition coefficient (Wildman–Crippen LogP) is 1.43. The molecule has 0 bridgehead atoms. The molecule has 1 atom stereocenters. The van der Waals surface area contributed by atoms with E-state index in [4.69, 9.17) is 0 Å². The Balaban J connectivity index is 1.48. The third-order valence-electron chi connectivity index (χ3n) is 3.39. The second-order valence-corrected chi connectivity index (χ2v) is 4.85. The monoisotopic (exact) mass is 210 g/mol. The highest BCUT2D eigenvalue weighted by atomic mass is 16.2. The molecule has 1 aliphatic heterocycles. The van der Waals surface area contributed by atoms with Crippen LogP contribution in [0.4, 0.5) is 0 Å². The smallest absolute Gasteiger partial charge is 0.223 e. The highest BCUT2D eigenvalue weighted by molar-refractivity contribution is 5.80. The Morgan fingerprint density at radius 2 is 2.13 bits per heavy atom. The highest BCUT2D eigenvalue weighted by Crippen LogP contribution is 2.28. The zero-order valence-corrected chi connectivity index (χ0v) is 9.43. The first kappa shape index (κ1) is 10.9. The number of piperidine rings is 1. The summed E-state index contributed by atoms with van der Waals surface area (Å²) in [6, 6.07) is 0.705. The fourth-order valence-electron chi connectivity index (χ4n) is 2.22. The van der Waals surface area contributed by atoms with E-state index < -0.39 is 0 Å². The van der Waals surface area contributed by atoms with Crippen LogP contribution in [0.3, 0.4) is 0 Å². The molecule has 0 spiro atoms. The van der Waals surface area contributed by atoms with Crippen molar-refractivity contribution in [2.75, 3.05) is 13.1 Å². The van der Waals surface area contributed by atoms with Crippen LogP contribution in [0.5, 0.6) is 0 Å². The number of hydrogen-bond donors (Lipinski definition) is 2. The van der Waals surface area contributed by atoms with Gasteiger partial charge in [-0.25, -0.2) is 0 Å². The molecule has 0 aromatic carbocycles. The second kappa shape index (κ2) is 5.50. The molecule has 1 saturated carbocycles. The van der Waals surface area contributed by atoms with Crippen LogP contribution in [-0.4, -0.2) is 25.0 Å². The fraction of sp³-hybridized carbons (Fsp3) is 0.917. The van der Waals surface area contributed by atoms with Crippen molar-refractivity contribution < 1.29 is 4.79 Å². The second-order valence-electron chi connectivity index (χ2n) is 4.85. The van der Waals surface area contributed by atoms with Gasteiger partial charge in [0.15, 0.2) is 0 Å². The predicted molar refractivity (Wildman–Crippen MR) is 60.6 cm³/mol. The Hall–Kier alpha value is -0.570. The third kappa shape index (κ3) is 3.82. The van der Waals surface area contributed by atoms with Gasteiger partial charge in [0.05, 0.1) is 0 Å². The van der Waals surface area contributed by atoms with Gasteiger partial charge in [-0.05, 0) is 45.1 Å². The lowest BCUT2D eigenvalue weighted by Gasteiger charge is -2.23. The molecule has 2 N–H and O–H groups in total. The van der Waals surface area contributed by atoms with Gasteiger partial charge in [0.1, 0.15) is 0 Å². The molecule has 15 heavy (non-hydrogen) atoms. The van der Waals surface area contributed by atoms with Crippen LogP contribution in [0.1, 0.15) is 44.9 Å². The fourth-order valence-corrected chi connectivity index (χ4v) is 2.22. The molecule has 2 fully saturated rings. The first-order chi connectivity index (χ1) is 7.36. The average molecular weight is 210 g/mol. The third-order valence-corrected chi connectivity index (χ3v) is 3.39. The van der Waals surface area contributed by atoms with Gasteiger partial charge in [-0.2, -0.15) is 0 Å². The van der Waals surface area contributed by atoms with Crippen molar-refractivity contribution in [1.82, 2.24) is 10.6 Å². The standard InChI is InChI=1S/C12H22N2O/c15-12(10-6-7-10)14-9-3-5-11-4-1-2-8-13-11/h10-11,13H,1-9H2,(H,14,15). The summed E-state index contributed by atoms with van der Waals surface area (Å²) in [6.45, 7) is 2.05. The van der Waals surface area contributed by atoms with Crippen LogP contribution in [0.15, 0.2) is 0 Å². The maximum absolute atomic E-state index is 11.3. The molecule has 2 aliphatic rings. The van der Waals surface area contributed by atoms with Gasteiger partial charge in [-0.15, -0.1) is 0 Å². The summed E-state index contributed by atoms with van der Waals surface area (Å²) in [6.07, 6.45) is 8.56. The van der Waals surface area contributed by atoms with E-state index >= 15 is 0 Å². The van der Waals surface area contributed by atoms with E-state index in [0.717, 1.165) is 25.8 Å². The van der Waals surface area contributed by atoms with Crippen molar-refractivity contribution >= 4 is 5.91 Å². The number of nitrogens with one attached hydrogen (secondary N) is 2. The summed E-state index contributed by atoms with van der Waals surface area (Å²) < 4.78 is 0. The molecule has 1 unspecified atom stereocenters. The largest absolute Gasteiger partial charge is 0.356 e. The van der Waals surface area contributed by atoms with Crippen molar-refractivity contribution in [3.8, 4) is 0 Å². The first-order valence-electron chi connectivity index (χ1n) is 6.37. The van der Waals surface area contributed by atoms with Crippen LogP contribution in [0.2, 0.25) is 0 Å². The van der Waals surface area contributed by atoms with E-state index in [0.29, 0.717) is 12.0 Å². The molecule has 0 aromatic rings. The molecule has 0 radical (unpaired) electrons. The lowest BCUT2D eigenvalue weighted by molar-refractivity contribution is -0.122. The minimum Gasteiger partial charge on any atom is -0.356 e. The number of hydrogen-bond acceptors (Lipinski definition) is 2. The van der Waals surface area contributed by atoms with Crippen molar-refractivity contribution in [3.63, 3.8) is 0 Å². The van der Waals surface area contributed by atoms with Gasteiger partial charge >= 0.3 is 0 Å². The van der Waals surface area contributed by atoms with Crippen molar-refractivity contribution in [3.05, 3.63) is 0 Å². The van der Waals surface area contributed by atoms with Gasteiger partial charge < -0.3 is 10.6 Å². The molecule has 0 aromatic heterocycles.